The number of halogens is 1. The van der Waals surface area contributed by atoms with Crippen LogP contribution in [-0.4, -0.2) is 24.3 Å². The van der Waals surface area contributed by atoms with E-state index in [1.54, 1.807) is 6.07 Å². The lowest BCUT2D eigenvalue weighted by Gasteiger charge is -2.24. The molecule has 1 fully saturated rings. The lowest BCUT2D eigenvalue weighted by molar-refractivity contribution is 0.136. The minimum atomic E-state index is -0.297. The van der Waals surface area contributed by atoms with Gasteiger partial charge in [-0.05, 0) is 44.0 Å². The Bertz CT molecular complexity index is 420. The number of anilines is 1. The molecule has 0 aliphatic carbocycles. The highest BCUT2D eigenvalue weighted by molar-refractivity contribution is 5.55. The molecule has 3 atom stereocenters. The summed E-state index contributed by atoms with van der Waals surface area (Å²) in [6.07, 6.45) is 0.669. The van der Waals surface area contributed by atoms with Gasteiger partial charge in [0.1, 0.15) is 5.82 Å². The Morgan fingerprint density at radius 3 is 2.72 bits per heavy atom. The third kappa shape index (κ3) is 2.65. The van der Waals surface area contributed by atoms with Gasteiger partial charge >= 0.3 is 0 Å². The maximum atomic E-state index is 13.3. The normalized spacial score (nSPS) is 23.2. The highest BCUT2D eigenvalue weighted by atomic mass is 19.1. The van der Waals surface area contributed by atoms with E-state index in [0.29, 0.717) is 0 Å². The van der Waals surface area contributed by atoms with Crippen molar-refractivity contribution in [2.24, 2.45) is 11.7 Å². The van der Waals surface area contributed by atoms with E-state index in [1.165, 1.54) is 12.1 Å². The Balaban J connectivity index is 2.24. The predicted octanol–water partition coefficient (Wildman–Crippen LogP) is 2.05. The summed E-state index contributed by atoms with van der Waals surface area (Å²) < 4.78 is 13.3. The van der Waals surface area contributed by atoms with Crippen LogP contribution >= 0.6 is 0 Å². The largest absolute Gasteiger partial charge is 0.393 e. The van der Waals surface area contributed by atoms with Crippen molar-refractivity contribution in [3.05, 3.63) is 29.6 Å². The van der Waals surface area contributed by atoms with E-state index in [4.69, 9.17) is 5.73 Å². The second-order valence-electron chi connectivity index (χ2n) is 5.23. The van der Waals surface area contributed by atoms with Crippen LogP contribution in [0.1, 0.15) is 31.9 Å². The van der Waals surface area contributed by atoms with Crippen LogP contribution in [0, 0.1) is 11.7 Å². The summed E-state index contributed by atoms with van der Waals surface area (Å²) in [5.41, 5.74) is 7.73. The van der Waals surface area contributed by atoms with Crippen LogP contribution in [0.4, 0.5) is 10.1 Å². The van der Waals surface area contributed by atoms with Crippen molar-refractivity contribution in [1.29, 1.82) is 0 Å². The Hall–Kier alpha value is -1.13. The second kappa shape index (κ2) is 5.24. The van der Waals surface area contributed by atoms with E-state index in [9.17, 15) is 9.50 Å². The van der Waals surface area contributed by atoms with Crippen molar-refractivity contribution in [2.45, 2.75) is 32.4 Å². The maximum absolute atomic E-state index is 13.3. The van der Waals surface area contributed by atoms with Gasteiger partial charge in [-0.25, -0.2) is 4.39 Å². The van der Waals surface area contributed by atoms with E-state index in [0.717, 1.165) is 30.8 Å². The first-order chi connectivity index (χ1) is 8.49. The van der Waals surface area contributed by atoms with Crippen LogP contribution in [0.2, 0.25) is 0 Å². The monoisotopic (exact) mass is 252 g/mol. The van der Waals surface area contributed by atoms with E-state index in [2.05, 4.69) is 4.90 Å². The molecular weight excluding hydrogens is 231 g/mol. The number of benzene rings is 1. The fraction of sp³-hybridized carbons (Fsp3) is 0.571. The van der Waals surface area contributed by atoms with Crippen LogP contribution in [0.25, 0.3) is 0 Å². The average Bonchev–Trinajstić information content (AvgIpc) is 2.78. The first kappa shape index (κ1) is 13.3. The fourth-order valence-corrected chi connectivity index (χ4v) is 2.58. The molecule has 1 aromatic carbocycles. The number of hydrogen-bond acceptors (Lipinski definition) is 3. The smallest absolute Gasteiger partial charge is 0.123 e. The minimum absolute atomic E-state index is 0.193. The van der Waals surface area contributed by atoms with Crippen molar-refractivity contribution in [3.8, 4) is 0 Å². The molecule has 3 unspecified atom stereocenters. The molecule has 1 heterocycles. The highest BCUT2D eigenvalue weighted by Crippen LogP contribution is 2.31. The van der Waals surface area contributed by atoms with Crippen molar-refractivity contribution in [2.75, 3.05) is 18.0 Å². The molecule has 0 aromatic heterocycles. The van der Waals surface area contributed by atoms with Crippen LogP contribution < -0.4 is 10.6 Å². The third-order valence-electron chi connectivity index (χ3n) is 3.73. The quantitative estimate of drug-likeness (QED) is 0.865. The Labute approximate surface area is 107 Å². The van der Waals surface area contributed by atoms with Crippen molar-refractivity contribution in [3.63, 3.8) is 0 Å². The number of nitrogens with two attached hydrogens (primary N) is 1. The highest BCUT2D eigenvalue weighted by Gasteiger charge is 2.27. The molecule has 0 amide bonds. The summed E-state index contributed by atoms with van der Waals surface area (Å²) in [4.78, 5) is 2.19. The molecule has 18 heavy (non-hydrogen) atoms. The van der Waals surface area contributed by atoms with Crippen molar-refractivity contribution >= 4 is 5.69 Å². The lowest BCUT2D eigenvalue weighted by Crippen LogP contribution is -2.25. The molecule has 0 spiro atoms. The van der Waals surface area contributed by atoms with E-state index in [-0.39, 0.29) is 23.9 Å². The van der Waals surface area contributed by atoms with Gasteiger partial charge in [0.15, 0.2) is 0 Å². The van der Waals surface area contributed by atoms with Gasteiger partial charge in [-0.2, -0.15) is 0 Å². The zero-order valence-electron chi connectivity index (χ0n) is 10.9. The molecule has 0 saturated carbocycles. The molecule has 3 N–H and O–H groups in total. The van der Waals surface area contributed by atoms with Crippen LogP contribution in [0.15, 0.2) is 18.2 Å². The van der Waals surface area contributed by atoms with E-state index in [1.807, 2.05) is 13.8 Å². The van der Waals surface area contributed by atoms with Crippen molar-refractivity contribution < 1.29 is 9.50 Å². The molecule has 0 radical (unpaired) electrons. The zero-order valence-corrected chi connectivity index (χ0v) is 10.9. The van der Waals surface area contributed by atoms with Gasteiger partial charge in [-0.15, -0.1) is 0 Å². The standard InChI is InChI=1S/C14H21FN2O/c1-9(16)13-7-12(15)3-4-14(13)17-6-5-11(8-17)10(2)18/h3-4,7,9-11,18H,5-6,8,16H2,1-2H3. The topological polar surface area (TPSA) is 49.5 Å². The molecule has 1 saturated heterocycles. The summed E-state index contributed by atoms with van der Waals surface area (Å²) in [5, 5.41) is 9.63. The summed E-state index contributed by atoms with van der Waals surface area (Å²) in [6.45, 7) is 5.38. The first-order valence-electron chi connectivity index (χ1n) is 6.47. The molecule has 1 aromatic rings. The maximum Gasteiger partial charge on any atom is 0.123 e. The second-order valence-corrected chi connectivity index (χ2v) is 5.23. The van der Waals surface area contributed by atoms with Crippen LogP contribution in [0.5, 0.6) is 0 Å². The van der Waals surface area contributed by atoms with Gasteiger partial charge in [-0.1, -0.05) is 0 Å². The number of aliphatic hydroxyl groups is 1. The molecule has 0 bridgehead atoms. The molecule has 1 aliphatic rings. The molecule has 3 nitrogen and oxygen atoms in total. The van der Waals surface area contributed by atoms with Gasteiger partial charge < -0.3 is 15.7 Å². The van der Waals surface area contributed by atoms with Gasteiger partial charge in [0.25, 0.3) is 0 Å². The Kier molecular flexibility index (Phi) is 3.88. The Morgan fingerprint density at radius 1 is 1.44 bits per heavy atom. The summed E-state index contributed by atoms with van der Waals surface area (Å²) in [7, 11) is 0. The summed E-state index contributed by atoms with van der Waals surface area (Å²) >= 11 is 0. The van der Waals surface area contributed by atoms with Gasteiger partial charge in [0.2, 0.25) is 0 Å². The average molecular weight is 252 g/mol. The van der Waals surface area contributed by atoms with E-state index >= 15 is 0 Å². The third-order valence-corrected chi connectivity index (χ3v) is 3.73. The zero-order chi connectivity index (χ0) is 13.3. The fourth-order valence-electron chi connectivity index (χ4n) is 2.58. The number of rotatable bonds is 3. The van der Waals surface area contributed by atoms with Crippen molar-refractivity contribution in [1.82, 2.24) is 0 Å². The lowest BCUT2D eigenvalue weighted by atomic mass is 10.0. The van der Waals surface area contributed by atoms with Gasteiger partial charge in [0, 0.05) is 30.7 Å². The van der Waals surface area contributed by atoms with Crippen LogP contribution in [0.3, 0.4) is 0 Å². The summed E-state index contributed by atoms with van der Waals surface area (Å²) in [6, 6.07) is 4.58. The summed E-state index contributed by atoms with van der Waals surface area (Å²) in [5.74, 6) is 0.0355. The van der Waals surface area contributed by atoms with E-state index < -0.39 is 0 Å². The van der Waals surface area contributed by atoms with Gasteiger partial charge in [0.05, 0.1) is 6.10 Å². The predicted molar refractivity (Wildman–Crippen MR) is 71.0 cm³/mol. The minimum Gasteiger partial charge on any atom is -0.393 e. The number of hydrogen-bond donors (Lipinski definition) is 2. The molecule has 2 rings (SSSR count). The molecule has 1 aliphatic heterocycles. The SMILES string of the molecule is CC(N)c1cc(F)ccc1N1CCC(C(C)O)C1. The molecule has 4 heteroatoms. The van der Waals surface area contributed by atoms with Gasteiger partial charge in [-0.3, -0.25) is 0 Å². The molecular formula is C14H21FN2O. The first-order valence-corrected chi connectivity index (χ1v) is 6.47. The molecule has 100 valence electrons. The number of nitrogens with zero attached hydrogens (tertiary/aromatic N) is 1. The van der Waals surface area contributed by atoms with Crippen LogP contribution in [-0.2, 0) is 0 Å². The Morgan fingerprint density at radius 2 is 2.17 bits per heavy atom. The number of aliphatic hydroxyl groups excluding tert-OH is 1.